The first-order chi connectivity index (χ1) is 17.4. The summed E-state index contributed by atoms with van der Waals surface area (Å²) in [5.74, 6) is 0. The first-order valence-corrected chi connectivity index (χ1v) is 13.9. The van der Waals surface area contributed by atoms with Gasteiger partial charge in [-0.2, -0.15) is 0 Å². The van der Waals surface area contributed by atoms with E-state index in [0.29, 0.717) is 0 Å². The number of hydrogen-bond acceptors (Lipinski definition) is 6. The van der Waals surface area contributed by atoms with Crippen molar-refractivity contribution >= 4 is 19.7 Å². The SMILES string of the molecule is O=S(=O)(c1ccc(-c2ccncc2)cc1)c1cccc(S(=O)(=O)c2ccc(-c3ccncc3)cc2)c1. The van der Waals surface area contributed by atoms with Crippen molar-refractivity contribution in [1.29, 1.82) is 0 Å². The van der Waals surface area contributed by atoms with Crippen molar-refractivity contribution in [3.05, 3.63) is 122 Å². The highest BCUT2D eigenvalue weighted by Crippen LogP contribution is 2.29. The maximum atomic E-state index is 13.3. The zero-order valence-electron chi connectivity index (χ0n) is 18.9. The van der Waals surface area contributed by atoms with Gasteiger partial charge in [-0.1, -0.05) is 30.3 Å². The molecule has 0 aliphatic heterocycles. The molecule has 0 aliphatic rings. The molecule has 0 bridgehead atoms. The topological polar surface area (TPSA) is 94.1 Å². The summed E-state index contributed by atoms with van der Waals surface area (Å²) in [5.41, 5.74) is 3.53. The van der Waals surface area contributed by atoms with Gasteiger partial charge >= 0.3 is 0 Å². The molecular formula is C28H20N2O4S2. The van der Waals surface area contributed by atoms with E-state index >= 15 is 0 Å². The molecule has 2 heterocycles. The van der Waals surface area contributed by atoms with E-state index < -0.39 is 19.7 Å². The van der Waals surface area contributed by atoms with E-state index in [2.05, 4.69) is 9.97 Å². The predicted molar refractivity (Wildman–Crippen MR) is 137 cm³/mol. The van der Waals surface area contributed by atoms with Crippen LogP contribution in [-0.4, -0.2) is 26.8 Å². The Labute approximate surface area is 209 Å². The molecule has 8 heteroatoms. The van der Waals surface area contributed by atoms with Gasteiger partial charge in [-0.3, -0.25) is 9.97 Å². The number of sulfone groups is 2. The lowest BCUT2D eigenvalue weighted by molar-refractivity contribution is 0.594. The summed E-state index contributed by atoms with van der Waals surface area (Å²) in [7, 11) is -7.86. The molecule has 0 N–H and O–H groups in total. The lowest BCUT2D eigenvalue weighted by Crippen LogP contribution is -2.06. The molecule has 0 spiro atoms. The molecule has 2 aromatic heterocycles. The van der Waals surface area contributed by atoms with Crippen LogP contribution in [0.15, 0.2) is 141 Å². The summed E-state index contributed by atoms with van der Waals surface area (Å²) in [5, 5.41) is 0. The minimum atomic E-state index is -3.93. The quantitative estimate of drug-likeness (QED) is 0.299. The van der Waals surface area contributed by atoms with Gasteiger partial charge in [0.1, 0.15) is 0 Å². The second-order valence-electron chi connectivity index (χ2n) is 8.00. The fraction of sp³-hybridized carbons (Fsp3) is 0. The van der Waals surface area contributed by atoms with E-state index in [9.17, 15) is 16.8 Å². The third-order valence-electron chi connectivity index (χ3n) is 5.78. The van der Waals surface area contributed by atoms with Gasteiger partial charge in [0.25, 0.3) is 0 Å². The van der Waals surface area contributed by atoms with Crippen molar-refractivity contribution in [3.63, 3.8) is 0 Å². The molecule has 5 aromatic rings. The molecule has 36 heavy (non-hydrogen) atoms. The van der Waals surface area contributed by atoms with E-state index in [4.69, 9.17) is 0 Å². The molecule has 178 valence electrons. The standard InChI is InChI=1S/C28H20N2O4S2/c31-35(32,25-8-4-21(5-9-25)23-12-16-29-17-13-23)27-2-1-3-28(20-27)36(33,34)26-10-6-22(7-11-26)24-14-18-30-19-15-24/h1-20H. The molecular weight excluding hydrogens is 492 g/mol. The Morgan fingerprint density at radius 2 is 0.722 bits per heavy atom. The van der Waals surface area contributed by atoms with Crippen molar-refractivity contribution in [2.24, 2.45) is 0 Å². The molecule has 0 unspecified atom stereocenters. The number of pyridine rings is 2. The summed E-state index contributed by atoms with van der Waals surface area (Å²) in [6.45, 7) is 0. The van der Waals surface area contributed by atoms with Crippen LogP contribution in [0.1, 0.15) is 0 Å². The smallest absolute Gasteiger partial charge is 0.206 e. The van der Waals surface area contributed by atoms with E-state index in [1.54, 1.807) is 49.1 Å². The molecule has 0 atom stereocenters. The van der Waals surface area contributed by atoms with Crippen LogP contribution in [0.5, 0.6) is 0 Å². The van der Waals surface area contributed by atoms with Gasteiger partial charge in [0.05, 0.1) is 19.6 Å². The van der Waals surface area contributed by atoms with Crippen molar-refractivity contribution in [1.82, 2.24) is 9.97 Å². The van der Waals surface area contributed by atoms with Gasteiger partial charge in [-0.15, -0.1) is 0 Å². The zero-order valence-corrected chi connectivity index (χ0v) is 20.5. The first kappa shape index (κ1) is 23.6. The highest BCUT2D eigenvalue weighted by molar-refractivity contribution is 7.92. The monoisotopic (exact) mass is 512 g/mol. The molecule has 3 aromatic carbocycles. The minimum absolute atomic E-state index is 0.0801. The number of benzene rings is 3. The maximum absolute atomic E-state index is 13.3. The summed E-state index contributed by atoms with van der Waals surface area (Å²) in [6.07, 6.45) is 6.66. The van der Waals surface area contributed by atoms with Crippen molar-refractivity contribution in [2.45, 2.75) is 19.6 Å². The van der Waals surface area contributed by atoms with Gasteiger partial charge in [0.15, 0.2) is 0 Å². The molecule has 6 nitrogen and oxygen atoms in total. The molecule has 5 rings (SSSR count). The van der Waals surface area contributed by atoms with Crippen LogP contribution in [0.3, 0.4) is 0 Å². The third-order valence-corrected chi connectivity index (χ3v) is 9.32. The molecule has 0 aliphatic carbocycles. The summed E-state index contributed by atoms with van der Waals surface area (Å²) < 4.78 is 53.2. The lowest BCUT2D eigenvalue weighted by atomic mass is 10.1. The Morgan fingerprint density at radius 1 is 0.389 bits per heavy atom. The lowest BCUT2D eigenvalue weighted by Gasteiger charge is -2.10. The molecule has 0 saturated carbocycles. The van der Waals surface area contributed by atoms with Crippen LogP contribution in [0.25, 0.3) is 22.3 Å². The fourth-order valence-electron chi connectivity index (χ4n) is 3.82. The van der Waals surface area contributed by atoms with Crippen LogP contribution >= 0.6 is 0 Å². The third kappa shape index (κ3) is 4.56. The second-order valence-corrected chi connectivity index (χ2v) is 11.9. The summed E-state index contributed by atoms with van der Waals surface area (Å²) >= 11 is 0. The van der Waals surface area contributed by atoms with E-state index in [1.165, 1.54) is 48.5 Å². The second kappa shape index (κ2) is 9.49. The van der Waals surface area contributed by atoms with Crippen LogP contribution in [0.2, 0.25) is 0 Å². The van der Waals surface area contributed by atoms with E-state index in [1.807, 2.05) is 24.3 Å². The average molecular weight is 513 g/mol. The molecule has 0 fully saturated rings. The summed E-state index contributed by atoms with van der Waals surface area (Å²) in [6, 6.07) is 25.7. The molecule has 0 saturated heterocycles. The van der Waals surface area contributed by atoms with Crippen molar-refractivity contribution in [2.75, 3.05) is 0 Å². The Morgan fingerprint density at radius 3 is 1.08 bits per heavy atom. The van der Waals surface area contributed by atoms with Crippen LogP contribution < -0.4 is 0 Å². The number of hydrogen-bond donors (Lipinski definition) is 0. The van der Waals surface area contributed by atoms with Gasteiger partial charge in [0, 0.05) is 24.8 Å². The van der Waals surface area contributed by atoms with Crippen molar-refractivity contribution < 1.29 is 16.8 Å². The number of nitrogens with zero attached hydrogens (tertiary/aromatic N) is 2. The first-order valence-electron chi connectivity index (χ1n) is 11.0. The number of aromatic nitrogens is 2. The minimum Gasteiger partial charge on any atom is -0.265 e. The van der Waals surface area contributed by atoms with Gasteiger partial charge in [-0.25, -0.2) is 16.8 Å². The van der Waals surface area contributed by atoms with E-state index in [0.717, 1.165) is 22.3 Å². The van der Waals surface area contributed by atoms with Crippen LogP contribution in [0.4, 0.5) is 0 Å². The van der Waals surface area contributed by atoms with Gasteiger partial charge in [0.2, 0.25) is 19.7 Å². The highest BCUT2D eigenvalue weighted by atomic mass is 32.2. The van der Waals surface area contributed by atoms with Crippen molar-refractivity contribution in [3.8, 4) is 22.3 Å². The zero-order chi connectivity index (χ0) is 25.2. The van der Waals surface area contributed by atoms with Gasteiger partial charge < -0.3 is 0 Å². The largest absolute Gasteiger partial charge is 0.265 e. The Balaban J connectivity index is 1.45. The van der Waals surface area contributed by atoms with Crippen LogP contribution in [-0.2, 0) is 19.7 Å². The Kier molecular flexibility index (Phi) is 6.22. The fourth-order valence-corrected chi connectivity index (χ4v) is 6.51. The highest BCUT2D eigenvalue weighted by Gasteiger charge is 2.23. The maximum Gasteiger partial charge on any atom is 0.206 e. The summed E-state index contributed by atoms with van der Waals surface area (Å²) in [4.78, 5) is 7.96. The normalized spacial score (nSPS) is 11.8. The van der Waals surface area contributed by atoms with Crippen LogP contribution in [0, 0.1) is 0 Å². The number of rotatable bonds is 6. The average Bonchev–Trinajstić information content (AvgIpc) is 2.94. The molecule has 0 radical (unpaired) electrons. The molecule has 0 amide bonds. The Hall–Kier alpha value is -4.14. The van der Waals surface area contributed by atoms with Gasteiger partial charge in [-0.05, 0) is 89.0 Å². The predicted octanol–water partition coefficient (Wildman–Crippen LogP) is 5.48. The van der Waals surface area contributed by atoms with E-state index in [-0.39, 0.29) is 19.6 Å². The Bertz CT molecular complexity index is 1590.